The molecule has 0 amide bonds. The zero-order valence-corrected chi connectivity index (χ0v) is 12.5. The summed E-state index contributed by atoms with van der Waals surface area (Å²) >= 11 is 0. The van der Waals surface area contributed by atoms with Gasteiger partial charge in [-0.25, -0.2) is 8.42 Å². The fraction of sp³-hybridized carbons (Fsp3) is 0.538. The monoisotopic (exact) mass is 286 g/mol. The third kappa shape index (κ3) is 5.48. The molecule has 1 rings (SSSR count). The van der Waals surface area contributed by atoms with E-state index in [0.717, 1.165) is 12.1 Å². The summed E-state index contributed by atoms with van der Waals surface area (Å²) in [6.45, 7) is 4.33. The quantitative estimate of drug-likeness (QED) is 0.769. The van der Waals surface area contributed by atoms with Crippen molar-refractivity contribution in [2.45, 2.75) is 26.3 Å². The van der Waals surface area contributed by atoms with Crippen LogP contribution >= 0.6 is 0 Å². The van der Waals surface area contributed by atoms with E-state index in [1.807, 2.05) is 12.1 Å². The second kappa shape index (κ2) is 7.35. The molecule has 19 heavy (non-hydrogen) atoms. The first-order chi connectivity index (χ1) is 9.00. The average Bonchev–Trinajstić information content (AvgIpc) is 2.40. The molecule has 1 unspecified atom stereocenters. The highest BCUT2D eigenvalue weighted by Gasteiger charge is 2.08. The van der Waals surface area contributed by atoms with E-state index in [-0.39, 0.29) is 11.8 Å². The molecule has 1 aromatic rings. The summed E-state index contributed by atoms with van der Waals surface area (Å²) in [6.07, 6.45) is 0.956. The van der Waals surface area contributed by atoms with Crippen LogP contribution in [0, 0.1) is 0 Å². The number of rotatable bonds is 8. The van der Waals surface area contributed by atoms with Crippen molar-refractivity contribution in [3.05, 3.63) is 24.3 Å². The number of nitrogens with one attached hydrogen (secondary N) is 2. The van der Waals surface area contributed by atoms with E-state index in [1.54, 1.807) is 26.2 Å². The SMILES string of the molecule is CCC(COC)Nc1ccc(NS(=O)(=O)CC)cc1. The number of benzene rings is 1. The van der Waals surface area contributed by atoms with Crippen molar-refractivity contribution in [1.82, 2.24) is 0 Å². The van der Waals surface area contributed by atoms with Crippen LogP contribution in [0.25, 0.3) is 0 Å². The Bertz CT molecular complexity index is 471. The number of ether oxygens (including phenoxy) is 1. The third-order valence-corrected chi connectivity index (χ3v) is 4.08. The minimum Gasteiger partial charge on any atom is -0.383 e. The lowest BCUT2D eigenvalue weighted by molar-refractivity contribution is 0.184. The minimum absolute atomic E-state index is 0.0682. The molecule has 108 valence electrons. The first kappa shape index (κ1) is 15.8. The molecule has 0 aliphatic carbocycles. The lowest BCUT2D eigenvalue weighted by Crippen LogP contribution is -2.23. The van der Waals surface area contributed by atoms with Crippen LogP contribution < -0.4 is 10.0 Å². The maximum absolute atomic E-state index is 11.4. The number of hydrogen-bond donors (Lipinski definition) is 2. The zero-order chi connectivity index (χ0) is 14.3. The van der Waals surface area contributed by atoms with Crippen molar-refractivity contribution in [2.75, 3.05) is 29.5 Å². The van der Waals surface area contributed by atoms with Crippen LogP contribution in [0.5, 0.6) is 0 Å². The van der Waals surface area contributed by atoms with E-state index in [1.165, 1.54) is 0 Å². The largest absolute Gasteiger partial charge is 0.383 e. The summed E-state index contributed by atoms with van der Waals surface area (Å²) in [6, 6.07) is 7.45. The van der Waals surface area contributed by atoms with Gasteiger partial charge in [-0.1, -0.05) is 6.92 Å². The van der Waals surface area contributed by atoms with E-state index in [9.17, 15) is 8.42 Å². The molecule has 0 fully saturated rings. The van der Waals surface area contributed by atoms with Gasteiger partial charge in [0.05, 0.1) is 12.4 Å². The Morgan fingerprint density at radius 1 is 1.16 bits per heavy atom. The Hall–Kier alpha value is -1.27. The maximum atomic E-state index is 11.4. The number of hydrogen-bond acceptors (Lipinski definition) is 4. The molecule has 0 aromatic heterocycles. The van der Waals surface area contributed by atoms with Gasteiger partial charge in [-0.15, -0.1) is 0 Å². The van der Waals surface area contributed by atoms with Gasteiger partial charge in [0.1, 0.15) is 0 Å². The van der Waals surface area contributed by atoms with Crippen LogP contribution in [0.1, 0.15) is 20.3 Å². The smallest absolute Gasteiger partial charge is 0.232 e. The second-order valence-corrected chi connectivity index (χ2v) is 6.30. The van der Waals surface area contributed by atoms with Gasteiger partial charge >= 0.3 is 0 Å². The first-order valence-electron chi connectivity index (χ1n) is 6.36. The second-order valence-electron chi connectivity index (χ2n) is 4.29. The van der Waals surface area contributed by atoms with Crippen LogP contribution in [0.15, 0.2) is 24.3 Å². The summed E-state index contributed by atoms with van der Waals surface area (Å²) in [7, 11) is -1.54. The molecular weight excluding hydrogens is 264 g/mol. The van der Waals surface area contributed by atoms with Crippen molar-refractivity contribution in [3.63, 3.8) is 0 Å². The fourth-order valence-electron chi connectivity index (χ4n) is 1.58. The highest BCUT2D eigenvalue weighted by molar-refractivity contribution is 7.92. The standard InChI is InChI=1S/C13H22N2O3S/c1-4-11(10-18-3)14-12-6-8-13(9-7-12)15-19(16,17)5-2/h6-9,11,14-15H,4-5,10H2,1-3H3. The van der Waals surface area contributed by atoms with Crippen LogP contribution in [0.4, 0.5) is 11.4 Å². The molecule has 1 aromatic carbocycles. The number of anilines is 2. The summed E-state index contributed by atoms with van der Waals surface area (Å²) in [5.74, 6) is 0.0682. The molecule has 0 aliphatic heterocycles. The highest BCUT2D eigenvalue weighted by atomic mass is 32.2. The van der Waals surface area contributed by atoms with Gasteiger partial charge in [-0.05, 0) is 37.6 Å². The van der Waals surface area contributed by atoms with Gasteiger partial charge in [0.2, 0.25) is 10.0 Å². The van der Waals surface area contributed by atoms with Crippen molar-refractivity contribution < 1.29 is 13.2 Å². The highest BCUT2D eigenvalue weighted by Crippen LogP contribution is 2.16. The maximum Gasteiger partial charge on any atom is 0.232 e. The van der Waals surface area contributed by atoms with E-state index in [4.69, 9.17) is 4.74 Å². The lowest BCUT2D eigenvalue weighted by atomic mass is 10.2. The predicted molar refractivity (Wildman–Crippen MR) is 79.1 cm³/mol. The van der Waals surface area contributed by atoms with E-state index in [2.05, 4.69) is 17.0 Å². The molecular formula is C13H22N2O3S. The number of sulfonamides is 1. The number of methoxy groups -OCH3 is 1. The van der Waals surface area contributed by atoms with Crippen LogP contribution in [-0.4, -0.2) is 33.9 Å². The molecule has 0 heterocycles. The van der Waals surface area contributed by atoms with E-state index >= 15 is 0 Å². The molecule has 6 heteroatoms. The van der Waals surface area contributed by atoms with Gasteiger partial charge in [0.25, 0.3) is 0 Å². The van der Waals surface area contributed by atoms with Crippen molar-refractivity contribution in [2.24, 2.45) is 0 Å². The van der Waals surface area contributed by atoms with Gasteiger partial charge in [-0.3, -0.25) is 4.72 Å². The third-order valence-electron chi connectivity index (χ3n) is 2.77. The lowest BCUT2D eigenvalue weighted by Gasteiger charge is -2.17. The molecule has 5 nitrogen and oxygen atoms in total. The molecule has 0 radical (unpaired) electrons. The summed E-state index contributed by atoms with van der Waals surface area (Å²) in [5.41, 5.74) is 1.52. The Balaban J connectivity index is 2.66. The van der Waals surface area contributed by atoms with Crippen LogP contribution in [-0.2, 0) is 14.8 Å². The summed E-state index contributed by atoms with van der Waals surface area (Å²) in [4.78, 5) is 0. The van der Waals surface area contributed by atoms with Gasteiger partial charge < -0.3 is 10.1 Å². The summed E-state index contributed by atoms with van der Waals surface area (Å²) < 4.78 is 30.5. The Morgan fingerprint density at radius 2 is 1.74 bits per heavy atom. The molecule has 2 N–H and O–H groups in total. The van der Waals surface area contributed by atoms with Crippen molar-refractivity contribution in [1.29, 1.82) is 0 Å². The molecule has 0 saturated heterocycles. The topological polar surface area (TPSA) is 67.4 Å². The normalized spacial score (nSPS) is 13.0. The molecule has 0 aliphatic rings. The Labute approximate surface area is 115 Å². The Morgan fingerprint density at radius 3 is 2.21 bits per heavy atom. The Kier molecular flexibility index (Phi) is 6.11. The zero-order valence-electron chi connectivity index (χ0n) is 11.6. The van der Waals surface area contributed by atoms with Crippen LogP contribution in [0.3, 0.4) is 0 Å². The van der Waals surface area contributed by atoms with Crippen LogP contribution in [0.2, 0.25) is 0 Å². The van der Waals surface area contributed by atoms with E-state index < -0.39 is 10.0 Å². The van der Waals surface area contributed by atoms with Gasteiger partial charge in [0.15, 0.2) is 0 Å². The van der Waals surface area contributed by atoms with Crippen molar-refractivity contribution in [3.8, 4) is 0 Å². The molecule has 0 bridgehead atoms. The average molecular weight is 286 g/mol. The molecule has 0 spiro atoms. The summed E-state index contributed by atoms with van der Waals surface area (Å²) in [5, 5.41) is 3.33. The predicted octanol–water partition coefficient (Wildman–Crippen LogP) is 2.29. The first-order valence-corrected chi connectivity index (χ1v) is 8.02. The molecule has 1 atom stereocenters. The fourth-order valence-corrected chi connectivity index (χ4v) is 2.22. The minimum atomic E-state index is -3.21. The van der Waals surface area contributed by atoms with E-state index in [0.29, 0.717) is 12.3 Å². The molecule has 0 saturated carbocycles. The van der Waals surface area contributed by atoms with Gasteiger partial charge in [0, 0.05) is 24.5 Å². The van der Waals surface area contributed by atoms with Crippen molar-refractivity contribution >= 4 is 21.4 Å². The van der Waals surface area contributed by atoms with Gasteiger partial charge in [-0.2, -0.15) is 0 Å².